The molecule has 0 aliphatic carbocycles. The first-order valence-electron chi connectivity index (χ1n) is 4.21. The van der Waals surface area contributed by atoms with Crippen molar-refractivity contribution in [2.45, 2.75) is 11.8 Å². The summed E-state index contributed by atoms with van der Waals surface area (Å²) in [6, 6.07) is 4.88. The number of rotatable bonds is 1. The van der Waals surface area contributed by atoms with Gasteiger partial charge in [-0.2, -0.15) is 0 Å². The van der Waals surface area contributed by atoms with E-state index in [9.17, 15) is 13.2 Å². The highest BCUT2D eigenvalue weighted by Crippen LogP contribution is 2.36. The van der Waals surface area contributed by atoms with Crippen LogP contribution in [0.3, 0.4) is 0 Å². The zero-order valence-electron chi connectivity index (χ0n) is 7.82. The summed E-state index contributed by atoms with van der Waals surface area (Å²) in [7, 11) is -3.59. The van der Waals surface area contributed by atoms with E-state index in [1.165, 1.54) is 19.1 Å². The lowest BCUT2D eigenvalue weighted by Crippen LogP contribution is -2.06. The van der Waals surface area contributed by atoms with Gasteiger partial charge in [-0.15, -0.1) is 0 Å². The van der Waals surface area contributed by atoms with Crippen LogP contribution >= 0.6 is 15.9 Å². The summed E-state index contributed by atoms with van der Waals surface area (Å²) in [5, 5.41) is 0. The highest BCUT2D eigenvalue weighted by Gasteiger charge is 2.32. The Morgan fingerprint density at radius 2 is 2.00 bits per heavy atom. The van der Waals surface area contributed by atoms with E-state index < -0.39 is 15.6 Å². The number of carbonyl (C=O) groups excluding carboxylic acids is 1. The molecule has 0 unspecified atom stereocenters. The van der Waals surface area contributed by atoms with E-state index in [1.807, 2.05) is 0 Å². The van der Waals surface area contributed by atoms with Crippen molar-refractivity contribution >= 4 is 37.6 Å². The molecule has 5 heteroatoms. The number of hydrogen-bond donors (Lipinski definition) is 0. The van der Waals surface area contributed by atoms with Gasteiger partial charge >= 0.3 is 0 Å². The Balaban J connectivity index is 2.81. The van der Waals surface area contributed by atoms with Gasteiger partial charge in [0, 0.05) is 10.0 Å². The first-order chi connectivity index (χ1) is 6.94. The molecule has 1 aromatic rings. The fraction of sp³-hybridized carbons (Fsp3) is 0.100. The van der Waals surface area contributed by atoms with E-state index in [2.05, 4.69) is 15.9 Å². The Morgan fingerprint density at radius 1 is 1.33 bits per heavy atom. The Hall–Kier alpha value is -0.940. The monoisotopic (exact) mass is 286 g/mol. The molecular weight excluding hydrogens is 280 g/mol. The molecule has 0 N–H and O–H groups in total. The lowest BCUT2D eigenvalue weighted by Gasteiger charge is -2.00. The standard InChI is InChI=1S/C10H7BrO3S/c1-6(12)10-5-7-8(11)3-2-4-9(7)15(10,13)14/h2-5H,1H3. The van der Waals surface area contributed by atoms with Crippen LogP contribution in [0.15, 0.2) is 32.5 Å². The van der Waals surface area contributed by atoms with Crippen LogP contribution in [0.1, 0.15) is 12.5 Å². The van der Waals surface area contributed by atoms with Gasteiger partial charge in [-0.3, -0.25) is 4.79 Å². The molecule has 0 amide bonds. The maximum absolute atomic E-state index is 11.9. The third kappa shape index (κ3) is 1.46. The number of ketones is 1. The van der Waals surface area contributed by atoms with Crippen LogP contribution in [0.2, 0.25) is 0 Å². The minimum atomic E-state index is -3.59. The molecule has 3 nitrogen and oxygen atoms in total. The fourth-order valence-electron chi connectivity index (χ4n) is 1.51. The quantitative estimate of drug-likeness (QED) is 0.795. The van der Waals surface area contributed by atoms with Crippen LogP contribution in [-0.4, -0.2) is 14.2 Å². The van der Waals surface area contributed by atoms with Crippen LogP contribution in [0.4, 0.5) is 0 Å². The van der Waals surface area contributed by atoms with E-state index in [-0.39, 0.29) is 9.80 Å². The number of benzene rings is 1. The summed E-state index contributed by atoms with van der Waals surface area (Å²) >= 11 is 3.26. The molecule has 1 aromatic carbocycles. The third-order valence-electron chi connectivity index (χ3n) is 2.21. The molecule has 1 aliphatic heterocycles. The predicted octanol–water partition coefficient (Wildman–Crippen LogP) is 2.17. The van der Waals surface area contributed by atoms with Crippen molar-refractivity contribution in [2.75, 3.05) is 0 Å². The smallest absolute Gasteiger partial charge is 0.210 e. The van der Waals surface area contributed by atoms with Crippen molar-refractivity contribution in [1.82, 2.24) is 0 Å². The number of sulfone groups is 1. The van der Waals surface area contributed by atoms with Gasteiger partial charge in [-0.05, 0) is 25.1 Å². The summed E-state index contributed by atoms with van der Waals surface area (Å²) in [4.78, 5) is 11.2. The van der Waals surface area contributed by atoms with Crippen LogP contribution in [0.5, 0.6) is 0 Å². The maximum atomic E-state index is 11.9. The van der Waals surface area contributed by atoms with E-state index in [1.54, 1.807) is 12.1 Å². The number of allylic oxidation sites excluding steroid dienone is 1. The molecule has 2 rings (SSSR count). The predicted molar refractivity (Wildman–Crippen MR) is 60.0 cm³/mol. The Morgan fingerprint density at radius 3 is 2.53 bits per heavy atom. The van der Waals surface area contributed by atoms with E-state index in [0.29, 0.717) is 10.0 Å². The van der Waals surface area contributed by atoms with Crippen molar-refractivity contribution in [3.05, 3.63) is 33.1 Å². The van der Waals surface area contributed by atoms with E-state index in [0.717, 1.165) is 0 Å². The summed E-state index contributed by atoms with van der Waals surface area (Å²) in [5.41, 5.74) is 0.558. The third-order valence-corrected chi connectivity index (χ3v) is 4.83. The second-order valence-corrected chi connectivity index (χ2v) is 5.96. The number of halogens is 1. The van der Waals surface area contributed by atoms with Gasteiger partial charge < -0.3 is 0 Å². The van der Waals surface area contributed by atoms with E-state index >= 15 is 0 Å². The molecule has 1 heterocycles. The molecule has 0 saturated heterocycles. The normalized spacial score (nSPS) is 17.1. The zero-order chi connectivity index (χ0) is 11.2. The summed E-state index contributed by atoms with van der Waals surface area (Å²) in [6.07, 6.45) is 1.41. The Kier molecular flexibility index (Phi) is 2.31. The van der Waals surface area contributed by atoms with Gasteiger partial charge in [-0.1, -0.05) is 22.0 Å². The summed E-state index contributed by atoms with van der Waals surface area (Å²) in [6.45, 7) is 1.25. The molecule has 15 heavy (non-hydrogen) atoms. The average Bonchev–Trinajstić information content (AvgIpc) is 2.40. The van der Waals surface area contributed by atoms with Crippen molar-refractivity contribution in [1.29, 1.82) is 0 Å². The first kappa shape index (κ1) is 10.6. The van der Waals surface area contributed by atoms with Crippen molar-refractivity contribution < 1.29 is 13.2 Å². The average molecular weight is 287 g/mol. The second kappa shape index (κ2) is 3.28. The number of fused-ring (bicyclic) bond motifs is 1. The second-order valence-electron chi connectivity index (χ2n) is 3.22. The number of carbonyl (C=O) groups is 1. The molecule has 0 spiro atoms. The van der Waals surface area contributed by atoms with Gasteiger partial charge in [0.25, 0.3) is 0 Å². The van der Waals surface area contributed by atoms with Gasteiger partial charge in [-0.25, -0.2) is 8.42 Å². The molecule has 78 valence electrons. The highest BCUT2D eigenvalue weighted by molar-refractivity contribution is 9.10. The van der Waals surface area contributed by atoms with Gasteiger partial charge in [0.1, 0.15) is 4.91 Å². The van der Waals surface area contributed by atoms with Crippen molar-refractivity contribution in [2.24, 2.45) is 0 Å². The number of Topliss-reactive ketones (excluding diaryl/α,β-unsaturated/α-hetero) is 1. The Labute approximate surface area is 95.9 Å². The molecule has 0 radical (unpaired) electrons. The van der Waals surface area contributed by atoms with Gasteiger partial charge in [0.15, 0.2) is 5.78 Å². The molecule has 0 saturated carbocycles. The van der Waals surface area contributed by atoms with Crippen molar-refractivity contribution in [3.8, 4) is 0 Å². The minimum absolute atomic E-state index is 0.135. The summed E-state index contributed by atoms with van der Waals surface area (Å²) < 4.78 is 24.4. The van der Waals surface area contributed by atoms with Crippen molar-refractivity contribution in [3.63, 3.8) is 0 Å². The zero-order valence-corrected chi connectivity index (χ0v) is 10.2. The largest absolute Gasteiger partial charge is 0.294 e. The Bertz CT molecular complexity index is 585. The van der Waals surface area contributed by atoms with Crippen LogP contribution < -0.4 is 0 Å². The lowest BCUT2D eigenvalue weighted by atomic mass is 10.2. The fourth-order valence-corrected chi connectivity index (χ4v) is 3.73. The van der Waals surface area contributed by atoms with Crippen LogP contribution in [0.25, 0.3) is 6.08 Å². The topological polar surface area (TPSA) is 51.2 Å². The lowest BCUT2D eigenvalue weighted by molar-refractivity contribution is -0.112. The van der Waals surface area contributed by atoms with Crippen LogP contribution in [0, 0.1) is 0 Å². The van der Waals surface area contributed by atoms with Crippen LogP contribution in [-0.2, 0) is 14.6 Å². The molecule has 0 bridgehead atoms. The molecule has 0 atom stereocenters. The molecular formula is C10H7BrO3S. The first-order valence-corrected chi connectivity index (χ1v) is 6.48. The highest BCUT2D eigenvalue weighted by atomic mass is 79.9. The number of hydrogen-bond acceptors (Lipinski definition) is 3. The molecule has 0 aromatic heterocycles. The molecule has 0 fully saturated rings. The maximum Gasteiger partial charge on any atom is 0.210 e. The summed E-state index contributed by atoms with van der Waals surface area (Å²) in [5.74, 6) is -0.432. The molecule has 1 aliphatic rings. The van der Waals surface area contributed by atoms with Gasteiger partial charge in [0.2, 0.25) is 9.84 Å². The van der Waals surface area contributed by atoms with E-state index in [4.69, 9.17) is 0 Å². The van der Waals surface area contributed by atoms with Gasteiger partial charge in [0.05, 0.1) is 4.90 Å². The SMILES string of the molecule is CC(=O)C1=Cc2c(Br)cccc2S1(=O)=O. The minimum Gasteiger partial charge on any atom is -0.294 e.